The molecule has 1 saturated carbocycles. The van der Waals surface area contributed by atoms with Gasteiger partial charge < -0.3 is 10.1 Å². The third kappa shape index (κ3) is 2.76. The molecule has 3 nitrogen and oxygen atoms in total. The van der Waals surface area contributed by atoms with Gasteiger partial charge in [0.05, 0.1) is 18.3 Å². The molecule has 0 saturated heterocycles. The number of ether oxygens (including phenoxy) is 1. The van der Waals surface area contributed by atoms with E-state index in [0.717, 1.165) is 19.1 Å². The molecule has 0 bridgehead atoms. The Kier molecular flexibility index (Phi) is 3.97. The van der Waals surface area contributed by atoms with Gasteiger partial charge in [-0.05, 0) is 44.4 Å². The van der Waals surface area contributed by atoms with Crippen LogP contribution >= 0.6 is 11.3 Å². The number of fused-ring (bicyclic) bond motifs is 1. The number of methoxy groups -OCH3 is 1. The predicted octanol–water partition coefficient (Wildman–Crippen LogP) is 2.71. The first kappa shape index (κ1) is 12.6. The first-order valence-corrected chi connectivity index (χ1v) is 7.91. The number of thiazole rings is 1. The minimum absolute atomic E-state index is 0.482. The maximum absolute atomic E-state index is 5.13. The van der Waals surface area contributed by atoms with E-state index >= 15 is 0 Å². The number of aryl methyl sites for hydroxylation is 2. The molecular weight excluding hydrogens is 244 g/mol. The molecule has 0 aliphatic heterocycles. The zero-order valence-corrected chi connectivity index (χ0v) is 11.9. The molecule has 0 aromatic carbocycles. The van der Waals surface area contributed by atoms with Crippen molar-refractivity contribution in [2.75, 3.05) is 20.3 Å². The van der Waals surface area contributed by atoms with Gasteiger partial charge in [0.1, 0.15) is 5.01 Å². The Hall–Kier alpha value is -0.450. The average molecular weight is 266 g/mol. The van der Waals surface area contributed by atoms with Gasteiger partial charge >= 0.3 is 0 Å². The summed E-state index contributed by atoms with van der Waals surface area (Å²) in [4.78, 5) is 6.46. The highest BCUT2D eigenvalue weighted by molar-refractivity contribution is 7.11. The van der Waals surface area contributed by atoms with E-state index in [1.807, 2.05) is 11.3 Å². The van der Waals surface area contributed by atoms with Gasteiger partial charge in [0, 0.05) is 18.5 Å². The Morgan fingerprint density at radius 2 is 2.22 bits per heavy atom. The van der Waals surface area contributed by atoms with E-state index in [1.165, 1.54) is 49.2 Å². The number of rotatable bonds is 6. The van der Waals surface area contributed by atoms with Crippen molar-refractivity contribution >= 4 is 11.3 Å². The van der Waals surface area contributed by atoms with E-state index in [2.05, 4.69) is 5.32 Å². The molecule has 0 radical (unpaired) electrons. The molecule has 0 spiro atoms. The summed E-state index contributed by atoms with van der Waals surface area (Å²) in [7, 11) is 1.76. The average Bonchev–Trinajstić information content (AvgIpc) is 3.13. The molecule has 1 atom stereocenters. The smallest absolute Gasteiger partial charge is 0.110 e. The van der Waals surface area contributed by atoms with E-state index in [9.17, 15) is 0 Å². The SMILES string of the molecule is COCCNC(c1nc2c(s1)CCCC2)C1CC1. The zero-order valence-electron chi connectivity index (χ0n) is 11.1. The van der Waals surface area contributed by atoms with Crippen molar-refractivity contribution in [2.24, 2.45) is 5.92 Å². The Morgan fingerprint density at radius 1 is 1.39 bits per heavy atom. The van der Waals surface area contributed by atoms with Gasteiger partial charge in [-0.3, -0.25) is 0 Å². The fraction of sp³-hybridized carbons (Fsp3) is 0.786. The third-order valence-electron chi connectivity index (χ3n) is 3.89. The second-order valence-electron chi connectivity index (χ2n) is 5.39. The quantitative estimate of drug-likeness (QED) is 0.804. The molecule has 100 valence electrons. The van der Waals surface area contributed by atoms with Crippen molar-refractivity contribution in [3.8, 4) is 0 Å². The van der Waals surface area contributed by atoms with Crippen LogP contribution < -0.4 is 5.32 Å². The van der Waals surface area contributed by atoms with Crippen LogP contribution in [0.5, 0.6) is 0 Å². The normalized spacial score (nSPS) is 20.7. The van der Waals surface area contributed by atoms with Crippen LogP contribution in [0.3, 0.4) is 0 Å². The predicted molar refractivity (Wildman–Crippen MR) is 74.1 cm³/mol. The topological polar surface area (TPSA) is 34.1 Å². The third-order valence-corrected chi connectivity index (χ3v) is 5.13. The van der Waals surface area contributed by atoms with E-state index in [4.69, 9.17) is 9.72 Å². The summed E-state index contributed by atoms with van der Waals surface area (Å²) in [6.45, 7) is 1.72. The van der Waals surface area contributed by atoms with E-state index in [-0.39, 0.29) is 0 Å². The van der Waals surface area contributed by atoms with Crippen molar-refractivity contribution < 1.29 is 4.74 Å². The molecule has 4 heteroatoms. The monoisotopic (exact) mass is 266 g/mol. The lowest BCUT2D eigenvalue weighted by Gasteiger charge is -2.15. The van der Waals surface area contributed by atoms with Crippen LogP contribution in [0.15, 0.2) is 0 Å². The van der Waals surface area contributed by atoms with Crippen LogP contribution in [0.1, 0.15) is 47.3 Å². The van der Waals surface area contributed by atoms with Crippen LogP contribution in [0.2, 0.25) is 0 Å². The van der Waals surface area contributed by atoms with E-state index in [1.54, 1.807) is 12.0 Å². The van der Waals surface area contributed by atoms with Crippen molar-refractivity contribution in [1.82, 2.24) is 10.3 Å². The lowest BCUT2D eigenvalue weighted by atomic mass is 10.0. The van der Waals surface area contributed by atoms with Gasteiger partial charge in [-0.2, -0.15) is 0 Å². The van der Waals surface area contributed by atoms with E-state index < -0.39 is 0 Å². The molecule has 1 heterocycles. The first-order chi connectivity index (χ1) is 8.88. The molecule has 2 aliphatic rings. The number of aromatic nitrogens is 1. The van der Waals surface area contributed by atoms with Crippen LogP contribution in [0, 0.1) is 5.92 Å². The molecule has 1 fully saturated rings. The zero-order chi connectivity index (χ0) is 12.4. The number of hydrogen-bond acceptors (Lipinski definition) is 4. The molecule has 1 unspecified atom stereocenters. The Balaban J connectivity index is 1.71. The van der Waals surface area contributed by atoms with Gasteiger partial charge in [-0.15, -0.1) is 11.3 Å². The van der Waals surface area contributed by atoms with Gasteiger partial charge in [0.15, 0.2) is 0 Å². The maximum atomic E-state index is 5.13. The molecule has 1 aromatic heterocycles. The summed E-state index contributed by atoms with van der Waals surface area (Å²) in [6, 6.07) is 0.482. The molecule has 3 rings (SSSR count). The largest absolute Gasteiger partial charge is 0.383 e. The number of nitrogens with one attached hydrogen (secondary N) is 1. The fourth-order valence-electron chi connectivity index (χ4n) is 2.71. The molecule has 1 N–H and O–H groups in total. The highest BCUT2D eigenvalue weighted by Crippen LogP contribution is 2.43. The van der Waals surface area contributed by atoms with Crippen LogP contribution in [0.25, 0.3) is 0 Å². The molecule has 0 amide bonds. The van der Waals surface area contributed by atoms with Crippen molar-refractivity contribution in [1.29, 1.82) is 0 Å². The lowest BCUT2D eigenvalue weighted by Crippen LogP contribution is -2.26. The summed E-state index contributed by atoms with van der Waals surface area (Å²) in [5.41, 5.74) is 1.39. The van der Waals surface area contributed by atoms with Crippen LogP contribution in [0.4, 0.5) is 0 Å². The maximum Gasteiger partial charge on any atom is 0.110 e. The molecule has 2 aliphatic carbocycles. The van der Waals surface area contributed by atoms with Gasteiger partial charge in [-0.25, -0.2) is 4.98 Å². The van der Waals surface area contributed by atoms with Gasteiger partial charge in [0.25, 0.3) is 0 Å². The highest BCUT2D eigenvalue weighted by Gasteiger charge is 2.34. The van der Waals surface area contributed by atoms with Crippen molar-refractivity contribution in [3.63, 3.8) is 0 Å². The lowest BCUT2D eigenvalue weighted by molar-refractivity contribution is 0.194. The van der Waals surface area contributed by atoms with Crippen LogP contribution in [-0.2, 0) is 17.6 Å². The van der Waals surface area contributed by atoms with Crippen LogP contribution in [-0.4, -0.2) is 25.2 Å². The summed E-state index contributed by atoms with van der Waals surface area (Å²) >= 11 is 1.96. The summed E-state index contributed by atoms with van der Waals surface area (Å²) < 4.78 is 5.13. The molecule has 18 heavy (non-hydrogen) atoms. The van der Waals surface area contributed by atoms with E-state index in [0.29, 0.717) is 6.04 Å². The Morgan fingerprint density at radius 3 is 2.94 bits per heavy atom. The van der Waals surface area contributed by atoms with Crippen molar-refractivity contribution in [3.05, 3.63) is 15.6 Å². The van der Waals surface area contributed by atoms with Crippen molar-refractivity contribution in [2.45, 2.75) is 44.6 Å². The summed E-state index contributed by atoms with van der Waals surface area (Å²) in [5.74, 6) is 0.814. The second-order valence-corrected chi connectivity index (χ2v) is 6.51. The van der Waals surface area contributed by atoms with Gasteiger partial charge in [0.2, 0.25) is 0 Å². The number of hydrogen-bond donors (Lipinski definition) is 1. The standard InChI is InChI=1S/C14H22N2OS/c1-17-9-8-15-13(10-6-7-10)14-16-11-4-2-3-5-12(11)18-14/h10,13,15H,2-9H2,1H3. The Labute approximate surface area is 113 Å². The fourth-order valence-corrected chi connectivity index (χ4v) is 4.03. The second kappa shape index (κ2) is 5.68. The number of nitrogens with zero attached hydrogens (tertiary/aromatic N) is 1. The Bertz CT molecular complexity index is 377. The minimum atomic E-state index is 0.482. The van der Waals surface area contributed by atoms with Gasteiger partial charge in [-0.1, -0.05) is 0 Å². The summed E-state index contributed by atoms with van der Waals surface area (Å²) in [5, 5.41) is 4.96. The molecular formula is C14H22N2OS. The highest BCUT2D eigenvalue weighted by atomic mass is 32.1. The minimum Gasteiger partial charge on any atom is -0.383 e. The molecule has 1 aromatic rings. The first-order valence-electron chi connectivity index (χ1n) is 7.09. The summed E-state index contributed by atoms with van der Waals surface area (Å²) in [6.07, 6.45) is 7.83.